The molecule has 0 aliphatic rings. The summed E-state index contributed by atoms with van der Waals surface area (Å²) in [5, 5.41) is 0. The van der Waals surface area contributed by atoms with Crippen LogP contribution in [0.5, 0.6) is 0 Å². The van der Waals surface area contributed by atoms with Gasteiger partial charge in [-0.3, -0.25) is 0 Å². The van der Waals surface area contributed by atoms with E-state index in [2.05, 4.69) is 68.3 Å². The third kappa shape index (κ3) is 4.33. The molecule has 2 aromatic carbocycles. The van der Waals surface area contributed by atoms with Crippen LogP contribution in [0.1, 0.15) is 29.2 Å². The molecule has 2 rings (SSSR count). The van der Waals surface area contributed by atoms with E-state index in [9.17, 15) is 0 Å². The van der Waals surface area contributed by atoms with Gasteiger partial charge in [0, 0.05) is 25.3 Å². The first-order valence-electron chi connectivity index (χ1n) is 7.57. The Bertz CT molecular complexity index is 585. The Kier molecular flexibility index (Phi) is 5.03. The molecule has 2 nitrogen and oxygen atoms in total. The van der Waals surface area contributed by atoms with Crippen molar-refractivity contribution in [2.75, 3.05) is 11.9 Å². The summed E-state index contributed by atoms with van der Waals surface area (Å²) < 4.78 is 0. The average Bonchev–Trinajstić information content (AvgIpc) is 2.40. The molecule has 0 radical (unpaired) electrons. The van der Waals surface area contributed by atoms with Gasteiger partial charge in [-0.05, 0) is 49.9 Å². The van der Waals surface area contributed by atoms with Gasteiger partial charge >= 0.3 is 0 Å². The number of aryl methyl sites for hydroxylation is 2. The molecule has 0 amide bonds. The highest BCUT2D eigenvalue weighted by Gasteiger charge is 2.07. The fourth-order valence-electron chi connectivity index (χ4n) is 2.70. The maximum Gasteiger partial charge on any atom is 0.0426 e. The van der Waals surface area contributed by atoms with Crippen molar-refractivity contribution < 1.29 is 0 Å². The third-order valence-corrected chi connectivity index (χ3v) is 3.77. The zero-order valence-electron chi connectivity index (χ0n) is 13.6. The van der Waals surface area contributed by atoms with Crippen LogP contribution in [-0.4, -0.2) is 13.1 Å². The quantitative estimate of drug-likeness (QED) is 0.903. The van der Waals surface area contributed by atoms with E-state index >= 15 is 0 Å². The molecule has 2 N–H and O–H groups in total. The van der Waals surface area contributed by atoms with Gasteiger partial charge in [-0.15, -0.1) is 0 Å². The zero-order chi connectivity index (χ0) is 15.4. The van der Waals surface area contributed by atoms with Gasteiger partial charge in [-0.2, -0.15) is 0 Å². The fraction of sp³-hybridized carbons (Fsp3) is 0.368. The first kappa shape index (κ1) is 15.6. The molecule has 0 fully saturated rings. The van der Waals surface area contributed by atoms with E-state index < -0.39 is 0 Å². The van der Waals surface area contributed by atoms with Crippen molar-refractivity contribution >= 4 is 5.69 Å². The maximum atomic E-state index is 5.88. The summed E-state index contributed by atoms with van der Waals surface area (Å²) in [4.78, 5) is 2.30. The van der Waals surface area contributed by atoms with E-state index in [-0.39, 0.29) is 6.04 Å². The molecule has 0 saturated heterocycles. The van der Waals surface area contributed by atoms with Gasteiger partial charge in [-0.25, -0.2) is 0 Å². The molecule has 2 heteroatoms. The molecule has 0 aliphatic heterocycles. The van der Waals surface area contributed by atoms with Crippen LogP contribution in [0, 0.1) is 13.8 Å². The lowest BCUT2D eigenvalue weighted by Crippen LogP contribution is -2.19. The summed E-state index contributed by atoms with van der Waals surface area (Å²) in [5.41, 5.74) is 12.4. The number of hydrogen-bond acceptors (Lipinski definition) is 2. The van der Waals surface area contributed by atoms with Gasteiger partial charge in [0.25, 0.3) is 0 Å². The molecule has 2 aromatic rings. The van der Waals surface area contributed by atoms with E-state index in [1.807, 2.05) is 6.92 Å². The summed E-state index contributed by atoms with van der Waals surface area (Å²) in [6, 6.07) is 15.6. The maximum absolute atomic E-state index is 5.88. The summed E-state index contributed by atoms with van der Waals surface area (Å²) in [5.74, 6) is 0. The van der Waals surface area contributed by atoms with Crippen LogP contribution in [0.2, 0.25) is 0 Å². The largest absolute Gasteiger partial charge is 0.370 e. The Morgan fingerprint density at radius 2 is 1.62 bits per heavy atom. The number of nitrogens with zero attached hydrogens (tertiary/aromatic N) is 1. The SMILES string of the molecule is Cc1ccc(CN(C)c2ccc(CC(C)N)cc2C)cc1. The predicted molar refractivity (Wildman–Crippen MR) is 91.8 cm³/mol. The van der Waals surface area contributed by atoms with Crippen LogP contribution in [0.3, 0.4) is 0 Å². The number of anilines is 1. The number of benzene rings is 2. The molecule has 0 spiro atoms. The van der Waals surface area contributed by atoms with Gasteiger partial charge in [0.2, 0.25) is 0 Å². The van der Waals surface area contributed by atoms with E-state index in [1.54, 1.807) is 0 Å². The summed E-state index contributed by atoms with van der Waals surface area (Å²) in [6.07, 6.45) is 0.933. The number of rotatable bonds is 5. The predicted octanol–water partition coefficient (Wildman–Crippen LogP) is 3.83. The molecular formula is C19H26N2. The normalized spacial score (nSPS) is 12.2. The highest BCUT2D eigenvalue weighted by atomic mass is 15.1. The smallest absolute Gasteiger partial charge is 0.0426 e. The molecule has 0 bridgehead atoms. The van der Waals surface area contributed by atoms with Crippen LogP contribution >= 0.6 is 0 Å². The van der Waals surface area contributed by atoms with Gasteiger partial charge in [0.05, 0.1) is 0 Å². The minimum absolute atomic E-state index is 0.209. The lowest BCUT2D eigenvalue weighted by molar-refractivity contribution is 0.737. The van der Waals surface area contributed by atoms with E-state index in [4.69, 9.17) is 5.73 Å². The molecule has 1 atom stereocenters. The highest BCUT2D eigenvalue weighted by Crippen LogP contribution is 2.22. The molecule has 112 valence electrons. The van der Waals surface area contributed by atoms with Crippen molar-refractivity contribution in [1.29, 1.82) is 0 Å². The molecule has 1 unspecified atom stereocenters. The van der Waals surface area contributed by atoms with Crippen molar-refractivity contribution in [3.63, 3.8) is 0 Å². The second-order valence-corrected chi connectivity index (χ2v) is 6.14. The first-order valence-corrected chi connectivity index (χ1v) is 7.57. The van der Waals surface area contributed by atoms with Crippen LogP contribution in [-0.2, 0) is 13.0 Å². The van der Waals surface area contributed by atoms with E-state index in [0.29, 0.717) is 0 Å². The Balaban J connectivity index is 2.11. The molecule has 0 saturated carbocycles. The molecule has 0 heterocycles. The Morgan fingerprint density at radius 3 is 2.19 bits per heavy atom. The number of nitrogens with two attached hydrogens (primary N) is 1. The average molecular weight is 282 g/mol. The molecule has 0 aromatic heterocycles. The lowest BCUT2D eigenvalue weighted by atomic mass is 10.0. The third-order valence-electron chi connectivity index (χ3n) is 3.77. The molecular weight excluding hydrogens is 256 g/mol. The van der Waals surface area contributed by atoms with Crippen LogP contribution in [0.15, 0.2) is 42.5 Å². The lowest BCUT2D eigenvalue weighted by Gasteiger charge is -2.22. The summed E-state index contributed by atoms with van der Waals surface area (Å²) in [7, 11) is 2.15. The number of hydrogen-bond donors (Lipinski definition) is 1. The Labute approximate surface area is 128 Å². The van der Waals surface area contributed by atoms with Crippen molar-refractivity contribution in [3.8, 4) is 0 Å². The summed E-state index contributed by atoms with van der Waals surface area (Å²) in [6.45, 7) is 7.26. The van der Waals surface area contributed by atoms with Crippen LogP contribution < -0.4 is 10.6 Å². The standard InChI is InChI=1S/C19H26N2/c1-14-5-7-17(8-6-14)13-21(4)19-10-9-18(11-15(19)2)12-16(3)20/h5-11,16H,12-13,20H2,1-4H3. The second kappa shape index (κ2) is 6.77. The van der Waals surface area contributed by atoms with Gasteiger partial charge in [0.1, 0.15) is 0 Å². The van der Waals surface area contributed by atoms with E-state index in [1.165, 1.54) is 27.9 Å². The molecule has 21 heavy (non-hydrogen) atoms. The van der Waals surface area contributed by atoms with Gasteiger partial charge < -0.3 is 10.6 Å². The zero-order valence-corrected chi connectivity index (χ0v) is 13.6. The van der Waals surface area contributed by atoms with Gasteiger partial charge in [0.15, 0.2) is 0 Å². The fourth-order valence-corrected chi connectivity index (χ4v) is 2.70. The first-order chi connectivity index (χ1) is 9.95. The minimum atomic E-state index is 0.209. The van der Waals surface area contributed by atoms with Crippen LogP contribution in [0.4, 0.5) is 5.69 Å². The Hall–Kier alpha value is -1.80. The Morgan fingerprint density at radius 1 is 1.00 bits per heavy atom. The summed E-state index contributed by atoms with van der Waals surface area (Å²) >= 11 is 0. The van der Waals surface area contributed by atoms with Crippen molar-refractivity contribution in [1.82, 2.24) is 0 Å². The van der Waals surface area contributed by atoms with Crippen molar-refractivity contribution in [3.05, 3.63) is 64.7 Å². The topological polar surface area (TPSA) is 29.3 Å². The minimum Gasteiger partial charge on any atom is -0.370 e. The van der Waals surface area contributed by atoms with Gasteiger partial charge in [-0.1, -0.05) is 42.0 Å². The molecule has 0 aliphatic carbocycles. The van der Waals surface area contributed by atoms with Crippen LogP contribution in [0.25, 0.3) is 0 Å². The van der Waals surface area contributed by atoms with Crippen molar-refractivity contribution in [2.24, 2.45) is 5.73 Å². The second-order valence-electron chi connectivity index (χ2n) is 6.14. The van der Waals surface area contributed by atoms with E-state index in [0.717, 1.165) is 13.0 Å². The van der Waals surface area contributed by atoms with Crippen molar-refractivity contribution in [2.45, 2.75) is 39.8 Å². The highest BCUT2D eigenvalue weighted by molar-refractivity contribution is 5.54. The monoisotopic (exact) mass is 282 g/mol.